The molecule has 98 valence electrons. The van der Waals surface area contributed by atoms with E-state index in [1.807, 2.05) is 0 Å². The van der Waals surface area contributed by atoms with Gasteiger partial charge in [-0.05, 0) is 13.0 Å². The molecule has 0 bridgehead atoms. The predicted molar refractivity (Wildman–Crippen MR) is 67.0 cm³/mol. The summed E-state index contributed by atoms with van der Waals surface area (Å²) in [6.45, 7) is 1.79. The van der Waals surface area contributed by atoms with E-state index in [4.69, 9.17) is 5.26 Å². The molecule has 1 aromatic carbocycles. The van der Waals surface area contributed by atoms with Crippen molar-refractivity contribution in [3.8, 4) is 6.07 Å². The minimum absolute atomic E-state index is 0.0898. The summed E-state index contributed by atoms with van der Waals surface area (Å²) in [4.78, 5) is 21.3. The van der Waals surface area contributed by atoms with Crippen molar-refractivity contribution in [2.45, 2.75) is 6.92 Å². The molecule has 0 radical (unpaired) electrons. The van der Waals surface area contributed by atoms with Crippen molar-refractivity contribution in [3.63, 3.8) is 0 Å². The van der Waals surface area contributed by atoms with E-state index in [0.717, 1.165) is 6.20 Å². The molecule has 0 atom stereocenters. The number of nitriles is 1. The number of carbonyl (C=O) groups is 1. The van der Waals surface area contributed by atoms with Crippen LogP contribution in [0.1, 0.15) is 6.92 Å². The van der Waals surface area contributed by atoms with Crippen LogP contribution in [0.15, 0.2) is 36.0 Å². The summed E-state index contributed by atoms with van der Waals surface area (Å²) in [5.41, 5.74) is 0.0904. The van der Waals surface area contributed by atoms with Crippen LogP contribution < -0.4 is 5.32 Å². The Balaban J connectivity index is 2.84. The van der Waals surface area contributed by atoms with E-state index in [2.05, 4.69) is 10.1 Å². The fourth-order valence-electron chi connectivity index (χ4n) is 1.21. The van der Waals surface area contributed by atoms with Gasteiger partial charge in [0.15, 0.2) is 5.57 Å². The average Bonchev–Trinajstić information content (AvgIpc) is 2.40. The van der Waals surface area contributed by atoms with Crippen LogP contribution in [0.4, 0.5) is 11.4 Å². The van der Waals surface area contributed by atoms with Crippen LogP contribution in [0.2, 0.25) is 0 Å². The van der Waals surface area contributed by atoms with Crippen LogP contribution >= 0.6 is 0 Å². The minimum atomic E-state index is -0.747. The van der Waals surface area contributed by atoms with Crippen LogP contribution in [-0.4, -0.2) is 17.5 Å². The number of nitrogens with one attached hydrogen (secondary N) is 1. The molecule has 0 fully saturated rings. The quantitative estimate of drug-likeness (QED) is 0.285. The lowest BCUT2D eigenvalue weighted by atomic mass is 10.2. The summed E-state index contributed by atoms with van der Waals surface area (Å²) in [7, 11) is 0. The first-order chi connectivity index (χ1) is 9.08. The largest absolute Gasteiger partial charge is 0.462 e. The van der Waals surface area contributed by atoms with E-state index >= 15 is 0 Å². The highest BCUT2D eigenvalue weighted by Gasteiger charge is 2.10. The Morgan fingerprint density at radius 3 is 2.95 bits per heavy atom. The second-order valence-corrected chi connectivity index (χ2v) is 3.34. The maximum absolute atomic E-state index is 11.3. The SMILES string of the molecule is CCOC(=O)/C(C#N)=C/Nc1cccc([N+](=O)[O-])c1. The van der Waals surface area contributed by atoms with Gasteiger partial charge in [0.2, 0.25) is 0 Å². The van der Waals surface area contributed by atoms with E-state index in [9.17, 15) is 14.9 Å². The third kappa shape index (κ3) is 4.12. The molecule has 0 aliphatic rings. The highest BCUT2D eigenvalue weighted by molar-refractivity contribution is 5.93. The van der Waals surface area contributed by atoms with E-state index < -0.39 is 10.9 Å². The molecular weight excluding hydrogens is 250 g/mol. The molecule has 7 nitrogen and oxygen atoms in total. The smallest absolute Gasteiger partial charge is 0.350 e. The highest BCUT2D eigenvalue weighted by atomic mass is 16.6. The van der Waals surface area contributed by atoms with Crippen molar-refractivity contribution in [1.29, 1.82) is 5.26 Å². The fraction of sp³-hybridized carbons (Fsp3) is 0.167. The molecule has 19 heavy (non-hydrogen) atoms. The van der Waals surface area contributed by atoms with Gasteiger partial charge < -0.3 is 10.1 Å². The van der Waals surface area contributed by atoms with Crippen molar-refractivity contribution < 1.29 is 14.5 Å². The number of esters is 1. The van der Waals surface area contributed by atoms with Gasteiger partial charge in [-0.15, -0.1) is 0 Å². The zero-order chi connectivity index (χ0) is 14.3. The van der Waals surface area contributed by atoms with Gasteiger partial charge in [-0.2, -0.15) is 5.26 Å². The van der Waals surface area contributed by atoms with Gasteiger partial charge in [-0.3, -0.25) is 10.1 Å². The molecule has 0 heterocycles. The first kappa shape index (κ1) is 14.2. The lowest BCUT2D eigenvalue weighted by molar-refractivity contribution is -0.384. The number of non-ortho nitro benzene ring substituents is 1. The molecule has 0 aliphatic carbocycles. The molecular formula is C12H11N3O4. The molecule has 0 amide bonds. The normalized spacial score (nSPS) is 10.4. The summed E-state index contributed by atoms with van der Waals surface area (Å²) in [6, 6.07) is 7.38. The van der Waals surface area contributed by atoms with Gasteiger partial charge in [0, 0.05) is 24.0 Å². The number of hydrogen-bond acceptors (Lipinski definition) is 6. The zero-order valence-electron chi connectivity index (χ0n) is 10.1. The van der Waals surface area contributed by atoms with Crippen LogP contribution in [0.5, 0.6) is 0 Å². The minimum Gasteiger partial charge on any atom is -0.462 e. The Labute approximate surface area is 109 Å². The highest BCUT2D eigenvalue weighted by Crippen LogP contribution is 2.17. The topological polar surface area (TPSA) is 105 Å². The van der Waals surface area contributed by atoms with Crippen molar-refractivity contribution in [3.05, 3.63) is 46.2 Å². The molecule has 0 unspecified atom stereocenters. The molecule has 1 aromatic rings. The first-order valence-electron chi connectivity index (χ1n) is 5.37. The third-order valence-electron chi connectivity index (χ3n) is 2.06. The van der Waals surface area contributed by atoms with Gasteiger partial charge in [0.25, 0.3) is 5.69 Å². The molecule has 0 spiro atoms. The fourth-order valence-corrected chi connectivity index (χ4v) is 1.21. The average molecular weight is 261 g/mol. The van der Waals surface area contributed by atoms with Crippen LogP contribution in [0.3, 0.4) is 0 Å². The van der Waals surface area contributed by atoms with Gasteiger partial charge in [-0.1, -0.05) is 6.07 Å². The standard InChI is InChI=1S/C12H11N3O4/c1-2-19-12(16)9(7-13)8-14-10-4-3-5-11(6-10)15(17)18/h3-6,8,14H,2H2,1H3/b9-8+. The van der Waals surface area contributed by atoms with E-state index in [1.54, 1.807) is 19.1 Å². The number of benzene rings is 1. The number of rotatable bonds is 5. The van der Waals surface area contributed by atoms with Crippen molar-refractivity contribution >= 4 is 17.3 Å². The lowest BCUT2D eigenvalue weighted by Gasteiger charge is -2.02. The summed E-state index contributed by atoms with van der Waals surface area (Å²) >= 11 is 0. The van der Waals surface area contributed by atoms with Gasteiger partial charge in [-0.25, -0.2) is 4.79 Å². The second kappa shape index (κ2) is 6.76. The molecule has 0 aliphatic heterocycles. The summed E-state index contributed by atoms with van der Waals surface area (Å²) in [6.07, 6.45) is 1.15. The van der Waals surface area contributed by atoms with Crippen LogP contribution in [-0.2, 0) is 9.53 Å². The molecule has 0 aromatic heterocycles. The van der Waals surface area contributed by atoms with Crippen LogP contribution in [0, 0.1) is 21.4 Å². The second-order valence-electron chi connectivity index (χ2n) is 3.34. The Hall–Kier alpha value is -2.88. The zero-order valence-corrected chi connectivity index (χ0v) is 10.1. The molecule has 1 rings (SSSR count). The monoisotopic (exact) mass is 261 g/mol. The molecule has 0 saturated heterocycles. The Bertz CT molecular complexity index is 560. The number of nitrogens with zero attached hydrogens (tertiary/aromatic N) is 2. The number of nitro benzene ring substituents is 1. The van der Waals surface area contributed by atoms with Gasteiger partial charge in [0.05, 0.1) is 11.5 Å². The van der Waals surface area contributed by atoms with E-state index in [0.29, 0.717) is 5.69 Å². The van der Waals surface area contributed by atoms with Crippen molar-refractivity contribution in [2.75, 3.05) is 11.9 Å². The number of anilines is 1. The number of hydrogen-bond donors (Lipinski definition) is 1. The van der Waals surface area contributed by atoms with Crippen molar-refractivity contribution in [1.82, 2.24) is 0 Å². The van der Waals surface area contributed by atoms with Crippen LogP contribution in [0.25, 0.3) is 0 Å². The number of nitro groups is 1. The molecule has 7 heteroatoms. The Kier molecular flexibility index (Phi) is 5.04. The maximum Gasteiger partial charge on any atom is 0.350 e. The number of carbonyl (C=O) groups excluding carboxylic acids is 1. The Morgan fingerprint density at radius 1 is 1.63 bits per heavy atom. The predicted octanol–water partition coefficient (Wildman–Crippen LogP) is 1.98. The number of ether oxygens (including phenoxy) is 1. The molecule has 0 saturated carbocycles. The maximum atomic E-state index is 11.3. The lowest BCUT2D eigenvalue weighted by Crippen LogP contribution is -2.07. The van der Waals surface area contributed by atoms with Gasteiger partial charge >= 0.3 is 5.97 Å². The summed E-state index contributed by atoms with van der Waals surface area (Å²) in [5.74, 6) is -0.747. The first-order valence-corrected chi connectivity index (χ1v) is 5.37. The van der Waals surface area contributed by atoms with Gasteiger partial charge in [0.1, 0.15) is 6.07 Å². The summed E-state index contributed by atoms with van der Waals surface area (Å²) in [5, 5.41) is 22.0. The molecule has 1 N–H and O–H groups in total. The van der Waals surface area contributed by atoms with E-state index in [1.165, 1.54) is 18.2 Å². The van der Waals surface area contributed by atoms with E-state index in [-0.39, 0.29) is 17.9 Å². The third-order valence-corrected chi connectivity index (χ3v) is 2.06. The Morgan fingerprint density at radius 2 is 2.37 bits per heavy atom. The summed E-state index contributed by atoms with van der Waals surface area (Å²) < 4.78 is 4.67. The van der Waals surface area contributed by atoms with Crippen molar-refractivity contribution in [2.24, 2.45) is 0 Å².